The third-order valence-electron chi connectivity index (χ3n) is 2.96. The van der Waals surface area contributed by atoms with Gasteiger partial charge >= 0.3 is 0 Å². The molecule has 1 fully saturated rings. The summed E-state index contributed by atoms with van der Waals surface area (Å²) in [4.78, 5) is 0. The number of aliphatic hydroxyl groups is 1. The molecule has 2 rings (SSSR count). The average molecular weight is 288 g/mol. The summed E-state index contributed by atoms with van der Waals surface area (Å²) in [5.41, 5.74) is 0.526. The van der Waals surface area contributed by atoms with E-state index >= 15 is 0 Å². The Morgan fingerprint density at radius 2 is 2.33 bits per heavy atom. The minimum absolute atomic E-state index is 0.203. The normalized spacial score (nSPS) is 21.6. The lowest BCUT2D eigenvalue weighted by Gasteiger charge is -2.26. The lowest BCUT2D eigenvalue weighted by molar-refractivity contribution is 0.176. The van der Waals surface area contributed by atoms with E-state index in [1.807, 2.05) is 11.8 Å². The van der Waals surface area contributed by atoms with Crippen LogP contribution in [0.4, 0.5) is 4.39 Å². The van der Waals surface area contributed by atoms with E-state index in [1.54, 1.807) is 30.0 Å². The van der Waals surface area contributed by atoms with Crippen LogP contribution in [0.15, 0.2) is 18.2 Å². The molecule has 2 atom stereocenters. The molecule has 1 aromatic carbocycles. The number of halogens is 1. The largest absolute Gasteiger partial charge is 0.494 e. The minimum atomic E-state index is -0.496. The standard InChI is InChI=1S/C13H17FO2S2/c1-16-11-4-2-3-9(13(11)14)7-10(15)12-8-17-5-6-18-12/h2-4,10,12,15H,5-8H2,1H3. The zero-order valence-corrected chi connectivity index (χ0v) is 11.9. The molecular formula is C13H17FO2S2. The van der Waals surface area contributed by atoms with Crippen molar-refractivity contribution >= 4 is 23.5 Å². The Kier molecular flexibility index (Phi) is 5.21. The molecule has 2 nitrogen and oxygen atoms in total. The molecule has 0 bridgehead atoms. The summed E-state index contributed by atoms with van der Waals surface area (Å²) in [5, 5.41) is 10.4. The Morgan fingerprint density at radius 1 is 1.50 bits per heavy atom. The summed E-state index contributed by atoms with van der Waals surface area (Å²) in [7, 11) is 1.45. The molecule has 0 aliphatic carbocycles. The summed E-state index contributed by atoms with van der Waals surface area (Å²) >= 11 is 3.64. The monoisotopic (exact) mass is 288 g/mol. The second-order valence-electron chi connectivity index (χ2n) is 4.19. The molecule has 0 spiro atoms. The summed E-state index contributed by atoms with van der Waals surface area (Å²) in [6.45, 7) is 0. The fourth-order valence-electron chi connectivity index (χ4n) is 1.96. The molecule has 100 valence electrons. The summed E-state index contributed by atoms with van der Waals surface area (Å²) in [6, 6.07) is 5.06. The van der Waals surface area contributed by atoms with Crippen LogP contribution in [0, 0.1) is 5.82 Å². The number of aliphatic hydroxyl groups excluding tert-OH is 1. The van der Waals surface area contributed by atoms with Gasteiger partial charge in [0.2, 0.25) is 0 Å². The van der Waals surface area contributed by atoms with Crippen molar-refractivity contribution in [2.45, 2.75) is 17.8 Å². The molecule has 0 saturated carbocycles. The van der Waals surface area contributed by atoms with Gasteiger partial charge in [-0.2, -0.15) is 23.5 Å². The highest BCUT2D eigenvalue weighted by Gasteiger charge is 2.24. The van der Waals surface area contributed by atoms with E-state index in [2.05, 4.69) is 0 Å². The van der Waals surface area contributed by atoms with Crippen molar-refractivity contribution in [3.8, 4) is 5.75 Å². The van der Waals surface area contributed by atoms with Crippen molar-refractivity contribution < 1.29 is 14.2 Å². The predicted octanol–water partition coefficient (Wildman–Crippen LogP) is 2.59. The fourth-order valence-corrected chi connectivity index (χ4v) is 4.73. The highest BCUT2D eigenvalue weighted by Crippen LogP contribution is 2.29. The number of thioether (sulfide) groups is 2. The number of benzene rings is 1. The molecule has 1 aromatic rings. The first-order chi connectivity index (χ1) is 8.72. The lowest BCUT2D eigenvalue weighted by atomic mass is 10.0. The van der Waals surface area contributed by atoms with Gasteiger partial charge in [0.1, 0.15) is 0 Å². The van der Waals surface area contributed by atoms with E-state index < -0.39 is 6.10 Å². The zero-order chi connectivity index (χ0) is 13.0. The van der Waals surface area contributed by atoms with Gasteiger partial charge in [-0.3, -0.25) is 0 Å². The Labute approximate surface area is 115 Å². The molecule has 0 aromatic heterocycles. The maximum atomic E-state index is 14.0. The summed E-state index contributed by atoms with van der Waals surface area (Å²) in [6.07, 6.45) is -0.147. The number of ether oxygens (including phenoxy) is 1. The van der Waals surface area contributed by atoms with Crippen molar-refractivity contribution in [1.29, 1.82) is 0 Å². The van der Waals surface area contributed by atoms with Crippen LogP contribution >= 0.6 is 23.5 Å². The molecule has 1 saturated heterocycles. The molecule has 1 aliphatic rings. The van der Waals surface area contributed by atoms with Crippen molar-refractivity contribution in [2.24, 2.45) is 0 Å². The predicted molar refractivity (Wildman–Crippen MR) is 76.2 cm³/mol. The summed E-state index contributed by atoms with van der Waals surface area (Å²) in [5.74, 6) is 3.03. The van der Waals surface area contributed by atoms with Gasteiger partial charge in [0.25, 0.3) is 0 Å². The number of methoxy groups -OCH3 is 1. The Balaban J connectivity index is 2.04. The Morgan fingerprint density at radius 3 is 3.00 bits per heavy atom. The van der Waals surface area contributed by atoms with Crippen molar-refractivity contribution in [3.63, 3.8) is 0 Å². The highest BCUT2D eigenvalue weighted by atomic mass is 32.2. The first kappa shape index (κ1) is 14.0. The SMILES string of the molecule is COc1cccc(CC(O)C2CSCCS2)c1F. The molecular weight excluding hydrogens is 271 g/mol. The maximum absolute atomic E-state index is 14.0. The maximum Gasteiger partial charge on any atom is 0.168 e. The first-order valence-corrected chi connectivity index (χ1v) is 8.11. The van der Waals surface area contributed by atoms with Crippen molar-refractivity contribution in [1.82, 2.24) is 0 Å². The van der Waals surface area contributed by atoms with E-state index in [0.717, 1.165) is 17.3 Å². The van der Waals surface area contributed by atoms with E-state index in [4.69, 9.17) is 4.74 Å². The van der Waals surface area contributed by atoms with E-state index in [1.165, 1.54) is 7.11 Å². The van der Waals surface area contributed by atoms with Gasteiger partial charge in [0, 0.05) is 28.9 Å². The third kappa shape index (κ3) is 3.33. The molecule has 1 N–H and O–H groups in total. The van der Waals surface area contributed by atoms with Crippen LogP contribution in [-0.2, 0) is 6.42 Å². The molecule has 1 aliphatic heterocycles. The van der Waals surface area contributed by atoms with E-state index in [9.17, 15) is 9.50 Å². The van der Waals surface area contributed by atoms with Gasteiger partial charge in [-0.1, -0.05) is 12.1 Å². The second-order valence-corrected chi connectivity index (χ2v) is 6.69. The van der Waals surface area contributed by atoms with Crippen LogP contribution < -0.4 is 4.74 Å². The Hall–Kier alpha value is -0.390. The van der Waals surface area contributed by atoms with Crippen LogP contribution in [0.1, 0.15) is 5.56 Å². The molecule has 5 heteroatoms. The molecule has 18 heavy (non-hydrogen) atoms. The van der Waals surface area contributed by atoms with Gasteiger partial charge in [-0.15, -0.1) is 0 Å². The quantitative estimate of drug-likeness (QED) is 0.922. The molecule has 2 unspecified atom stereocenters. The van der Waals surface area contributed by atoms with Gasteiger partial charge in [0.15, 0.2) is 11.6 Å². The van der Waals surface area contributed by atoms with Crippen LogP contribution in [0.2, 0.25) is 0 Å². The van der Waals surface area contributed by atoms with Crippen molar-refractivity contribution in [2.75, 3.05) is 24.4 Å². The van der Waals surface area contributed by atoms with Gasteiger partial charge in [0.05, 0.1) is 13.2 Å². The van der Waals surface area contributed by atoms with E-state index in [0.29, 0.717) is 12.0 Å². The fraction of sp³-hybridized carbons (Fsp3) is 0.538. The van der Waals surface area contributed by atoms with Crippen LogP contribution in [0.3, 0.4) is 0 Å². The molecule has 1 heterocycles. The molecule has 0 radical (unpaired) electrons. The van der Waals surface area contributed by atoms with Gasteiger partial charge in [-0.05, 0) is 11.6 Å². The number of hydrogen-bond acceptors (Lipinski definition) is 4. The van der Waals surface area contributed by atoms with Gasteiger partial charge < -0.3 is 9.84 Å². The lowest BCUT2D eigenvalue weighted by Crippen LogP contribution is -2.30. The topological polar surface area (TPSA) is 29.5 Å². The minimum Gasteiger partial charge on any atom is -0.494 e. The second kappa shape index (κ2) is 6.68. The van der Waals surface area contributed by atoms with Crippen LogP contribution in [-0.4, -0.2) is 40.8 Å². The smallest absolute Gasteiger partial charge is 0.168 e. The first-order valence-electron chi connectivity index (χ1n) is 5.91. The van der Waals surface area contributed by atoms with Crippen LogP contribution in [0.5, 0.6) is 5.75 Å². The summed E-state index contributed by atoms with van der Waals surface area (Å²) < 4.78 is 18.9. The number of rotatable bonds is 4. The average Bonchev–Trinajstić information content (AvgIpc) is 2.42. The Bertz CT molecular complexity index is 395. The zero-order valence-electron chi connectivity index (χ0n) is 10.3. The highest BCUT2D eigenvalue weighted by molar-refractivity contribution is 8.06. The molecule has 0 amide bonds. The van der Waals surface area contributed by atoms with Gasteiger partial charge in [-0.25, -0.2) is 4.39 Å². The van der Waals surface area contributed by atoms with E-state index in [-0.39, 0.29) is 16.8 Å². The third-order valence-corrected chi connectivity index (χ3v) is 5.87. The number of hydrogen-bond donors (Lipinski definition) is 1. The van der Waals surface area contributed by atoms with Crippen molar-refractivity contribution in [3.05, 3.63) is 29.6 Å². The van der Waals surface area contributed by atoms with Crippen LogP contribution in [0.25, 0.3) is 0 Å².